The van der Waals surface area contributed by atoms with Crippen molar-refractivity contribution in [2.24, 2.45) is 5.92 Å². The summed E-state index contributed by atoms with van der Waals surface area (Å²) in [6.07, 6.45) is 2.19. The summed E-state index contributed by atoms with van der Waals surface area (Å²) in [5, 5.41) is 2.90. The number of ether oxygens (including phenoxy) is 2. The molecule has 1 aliphatic rings. The average molecular weight is 258 g/mol. The molecule has 106 valence electrons. The van der Waals surface area contributed by atoms with E-state index in [2.05, 4.69) is 19.2 Å². The first-order valence-electron chi connectivity index (χ1n) is 6.76. The van der Waals surface area contributed by atoms with E-state index in [4.69, 9.17) is 9.47 Å². The lowest BCUT2D eigenvalue weighted by atomic mass is 9.94. The lowest BCUT2D eigenvalue weighted by Gasteiger charge is -2.36. The molecule has 0 radical (unpaired) electrons. The Labute approximate surface area is 110 Å². The maximum Gasteiger partial charge on any atom is 0.317 e. The van der Waals surface area contributed by atoms with Gasteiger partial charge in [0.15, 0.2) is 0 Å². The number of nitrogens with zero attached hydrogens (tertiary/aromatic N) is 1. The van der Waals surface area contributed by atoms with Crippen LogP contribution >= 0.6 is 0 Å². The highest BCUT2D eigenvalue weighted by Gasteiger charge is 2.26. The molecule has 0 aromatic rings. The molecule has 0 aromatic heterocycles. The molecule has 5 heteroatoms. The number of urea groups is 1. The van der Waals surface area contributed by atoms with Crippen molar-refractivity contribution in [3.05, 3.63) is 0 Å². The zero-order chi connectivity index (χ0) is 13.4. The minimum atomic E-state index is 0.0322. The molecule has 18 heavy (non-hydrogen) atoms. The van der Waals surface area contributed by atoms with Gasteiger partial charge in [-0.1, -0.05) is 6.92 Å². The summed E-state index contributed by atoms with van der Waals surface area (Å²) in [5.41, 5.74) is 0. The van der Waals surface area contributed by atoms with Crippen molar-refractivity contribution in [2.75, 3.05) is 40.0 Å². The van der Waals surface area contributed by atoms with Gasteiger partial charge >= 0.3 is 6.03 Å². The Kier molecular flexibility index (Phi) is 7.05. The minimum absolute atomic E-state index is 0.0322. The van der Waals surface area contributed by atoms with Crippen LogP contribution in [-0.2, 0) is 9.47 Å². The third-order valence-electron chi connectivity index (χ3n) is 3.35. The summed E-state index contributed by atoms with van der Waals surface area (Å²) in [5.74, 6) is 0.724. The van der Waals surface area contributed by atoms with E-state index >= 15 is 0 Å². The largest absolute Gasteiger partial charge is 0.382 e. The van der Waals surface area contributed by atoms with Crippen LogP contribution in [0.4, 0.5) is 4.79 Å². The summed E-state index contributed by atoms with van der Waals surface area (Å²) in [6.45, 7) is 7.48. The second-order valence-electron chi connectivity index (χ2n) is 5.01. The van der Waals surface area contributed by atoms with E-state index in [9.17, 15) is 4.79 Å². The molecule has 0 saturated carbocycles. The number of likely N-dealkylation sites (tertiary alicyclic amines) is 1. The average Bonchev–Trinajstić information content (AvgIpc) is 2.33. The Hall–Kier alpha value is -0.810. The van der Waals surface area contributed by atoms with Gasteiger partial charge in [0.25, 0.3) is 0 Å². The number of hydrogen-bond acceptors (Lipinski definition) is 3. The van der Waals surface area contributed by atoms with E-state index in [1.54, 1.807) is 7.11 Å². The first-order chi connectivity index (χ1) is 8.65. The van der Waals surface area contributed by atoms with Crippen molar-refractivity contribution in [1.29, 1.82) is 0 Å². The van der Waals surface area contributed by atoms with Crippen LogP contribution in [-0.4, -0.2) is 57.0 Å². The summed E-state index contributed by atoms with van der Waals surface area (Å²) in [7, 11) is 1.64. The van der Waals surface area contributed by atoms with E-state index in [1.807, 2.05) is 4.90 Å². The predicted octanol–water partition coefficient (Wildman–Crippen LogP) is 1.48. The molecule has 0 unspecified atom stereocenters. The SMILES string of the molecule is COCCOCCNC(=O)N1CC[C@@H](C)C[C@@H]1C. The van der Waals surface area contributed by atoms with Crippen molar-refractivity contribution in [3.63, 3.8) is 0 Å². The van der Waals surface area contributed by atoms with Gasteiger partial charge in [0, 0.05) is 26.2 Å². The number of carbonyl (C=O) groups excluding carboxylic acids is 1. The van der Waals surface area contributed by atoms with Gasteiger partial charge in [-0.05, 0) is 25.7 Å². The first kappa shape index (κ1) is 15.2. The van der Waals surface area contributed by atoms with Gasteiger partial charge in [-0.15, -0.1) is 0 Å². The summed E-state index contributed by atoms with van der Waals surface area (Å²) in [4.78, 5) is 13.9. The van der Waals surface area contributed by atoms with Gasteiger partial charge in [-0.3, -0.25) is 0 Å². The van der Waals surface area contributed by atoms with Crippen molar-refractivity contribution < 1.29 is 14.3 Å². The van der Waals surface area contributed by atoms with Crippen LogP contribution in [0.3, 0.4) is 0 Å². The number of nitrogens with one attached hydrogen (secondary N) is 1. The molecule has 1 fully saturated rings. The smallest absolute Gasteiger partial charge is 0.317 e. The number of piperidine rings is 1. The molecule has 1 rings (SSSR count). The van der Waals surface area contributed by atoms with Gasteiger partial charge < -0.3 is 19.7 Å². The molecule has 0 aliphatic carbocycles. The zero-order valence-electron chi connectivity index (χ0n) is 11.8. The molecule has 2 amide bonds. The highest BCUT2D eigenvalue weighted by atomic mass is 16.5. The van der Waals surface area contributed by atoms with E-state index < -0.39 is 0 Å². The third-order valence-corrected chi connectivity index (χ3v) is 3.35. The molecule has 0 bridgehead atoms. The zero-order valence-corrected chi connectivity index (χ0v) is 11.8. The summed E-state index contributed by atoms with van der Waals surface area (Å²) >= 11 is 0. The fourth-order valence-corrected chi connectivity index (χ4v) is 2.28. The topological polar surface area (TPSA) is 50.8 Å². The van der Waals surface area contributed by atoms with Crippen LogP contribution in [0.5, 0.6) is 0 Å². The molecule has 1 heterocycles. The van der Waals surface area contributed by atoms with Crippen molar-refractivity contribution in [1.82, 2.24) is 10.2 Å². The van der Waals surface area contributed by atoms with Crippen LogP contribution < -0.4 is 5.32 Å². The van der Waals surface area contributed by atoms with Crippen LogP contribution in [0.25, 0.3) is 0 Å². The lowest BCUT2D eigenvalue weighted by molar-refractivity contribution is 0.0711. The minimum Gasteiger partial charge on any atom is -0.382 e. The van der Waals surface area contributed by atoms with E-state index in [0.717, 1.165) is 25.3 Å². The monoisotopic (exact) mass is 258 g/mol. The van der Waals surface area contributed by atoms with Crippen LogP contribution in [0.1, 0.15) is 26.7 Å². The highest BCUT2D eigenvalue weighted by Crippen LogP contribution is 2.21. The van der Waals surface area contributed by atoms with Crippen molar-refractivity contribution in [3.8, 4) is 0 Å². The van der Waals surface area contributed by atoms with Gasteiger partial charge in [-0.2, -0.15) is 0 Å². The molecule has 2 atom stereocenters. The molecule has 1 N–H and O–H groups in total. The normalized spacial score (nSPS) is 24.1. The second-order valence-corrected chi connectivity index (χ2v) is 5.01. The Morgan fingerprint density at radius 3 is 2.78 bits per heavy atom. The summed E-state index contributed by atoms with van der Waals surface area (Å²) in [6, 6.07) is 0.368. The lowest BCUT2D eigenvalue weighted by Crippen LogP contribution is -2.49. The fraction of sp³-hybridized carbons (Fsp3) is 0.923. The highest BCUT2D eigenvalue weighted by molar-refractivity contribution is 5.74. The van der Waals surface area contributed by atoms with Crippen molar-refractivity contribution >= 4 is 6.03 Å². The molecule has 1 saturated heterocycles. The van der Waals surface area contributed by atoms with Crippen LogP contribution in [0.15, 0.2) is 0 Å². The number of amides is 2. The number of rotatable bonds is 6. The molecule has 5 nitrogen and oxygen atoms in total. The molecular weight excluding hydrogens is 232 g/mol. The third kappa shape index (κ3) is 5.23. The number of methoxy groups -OCH3 is 1. The first-order valence-corrected chi connectivity index (χ1v) is 6.76. The van der Waals surface area contributed by atoms with E-state index in [1.165, 1.54) is 0 Å². The Morgan fingerprint density at radius 1 is 1.33 bits per heavy atom. The quantitative estimate of drug-likeness (QED) is 0.734. The van der Waals surface area contributed by atoms with Gasteiger partial charge in [0.05, 0.1) is 19.8 Å². The maximum absolute atomic E-state index is 11.9. The Morgan fingerprint density at radius 2 is 2.11 bits per heavy atom. The predicted molar refractivity (Wildman–Crippen MR) is 70.7 cm³/mol. The van der Waals surface area contributed by atoms with Crippen molar-refractivity contribution in [2.45, 2.75) is 32.7 Å². The number of hydrogen-bond donors (Lipinski definition) is 1. The van der Waals surface area contributed by atoms with Crippen LogP contribution in [0.2, 0.25) is 0 Å². The van der Waals surface area contributed by atoms with Gasteiger partial charge in [-0.25, -0.2) is 4.79 Å². The van der Waals surface area contributed by atoms with Crippen LogP contribution in [0, 0.1) is 5.92 Å². The molecule has 0 aromatic carbocycles. The molecule has 1 aliphatic heterocycles. The standard InChI is InChI=1S/C13H26N2O3/c1-11-4-6-15(12(2)10-11)13(16)14-5-7-18-9-8-17-3/h11-12H,4-10H2,1-3H3,(H,14,16)/t11-,12+/m1/s1. The number of carbonyl (C=O) groups is 1. The van der Waals surface area contributed by atoms with E-state index in [-0.39, 0.29) is 6.03 Å². The molecule has 0 spiro atoms. The van der Waals surface area contributed by atoms with Gasteiger partial charge in [0.1, 0.15) is 0 Å². The Balaban J connectivity index is 2.12. The van der Waals surface area contributed by atoms with Gasteiger partial charge in [0.2, 0.25) is 0 Å². The maximum atomic E-state index is 11.9. The summed E-state index contributed by atoms with van der Waals surface area (Å²) < 4.78 is 10.2. The fourth-order valence-electron chi connectivity index (χ4n) is 2.28. The second kappa shape index (κ2) is 8.32. The molecular formula is C13H26N2O3. The Bertz CT molecular complexity index is 248. The van der Waals surface area contributed by atoms with E-state index in [0.29, 0.717) is 32.4 Å².